The molecule has 1 aliphatic carbocycles. The molecule has 4 aliphatic rings. The molecule has 4 nitrogen and oxygen atoms in total. The minimum atomic E-state index is -0.0759. The highest BCUT2D eigenvalue weighted by Crippen LogP contribution is 2.44. The molecule has 0 N–H and O–H groups in total. The lowest BCUT2D eigenvalue weighted by atomic mass is 9.77. The number of anilines is 3. The molecule has 0 atom stereocenters. The van der Waals surface area contributed by atoms with Gasteiger partial charge < -0.3 is 14.7 Å². The van der Waals surface area contributed by atoms with Crippen LogP contribution in [0.15, 0.2) is 36.4 Å². The molecule has 1 spiro atoms. The molecule has 39 heavy (non-hydrogen) atoms. The fourth-order valence-electron chi connectivity index (χ4n) is 7.85. The Balaban J connectivity index is 1.02. The Labute approximate surface area is 238 Å². The molecule has 208 valence electrons. The van der Waals surface area contributed by atoms with Crippen molar-refractivity contribution in [2.75, 3.05) is 54.0 Å². The van der Waals surface area contributed by atoms with Gasteiger partial charge in [-0.2, -0.15) is 5.26 Å². The van der Waals surface area contributed by atoms with E-state index in [2.05, 4.69) is 26.8 Å². The van der Waals surface area contributed by atoms with Gasteiger partial charge in [-0.05, 0) is 92.2 Å². The van der Waals surface area contributed by atoms with Gasteiger partial charge >= 0.3 is 0 Å². The molecule has 4 fully saturated rings. The summed E-state index contributed by atoms with van der Waals surface area (Å²) in [5, 5.41) is 9.69. The van der Waals surface area contributed by atoms with E-state index in [1.807, 2.05) is 24.3 Å². The number of hydrogen-bond donors (Lipinski definition) is 0. The van der Waals surface area contributed by atoms with Crippen LogP contribution in [0.1, 0.15) is 76.2 Å². The van der Waals surface area contributed by atoms with Crippen molar-refractivity contribution >= 4 is 28.7 Å². The summed E-state index contributed by atoms with van der Waals surface area (Å²) in [6.07, 6.45) is 14.4. The highest BCUT2D eigenvalue weighted by Gasteiger charge is 2.41. The number of benzene rings is 2. The molecule has 2 aromatic rings. The predicted molar refractivity (Wildman–Crippen MR) is 159 cm³/mol. The molecule has 0 unspecified atom stereocenters. The summed E-state index contributed by atoms with van der Waals surface area (Å²) in [7, 11) is 0. The maximum Gasteiger partial charge on any atom is 0.148 e. The van der Waals surface area contributed by atoms with E-state index in [0.29, 0.717) is 10.6 Å². The number of piperidine rings is 2. The minimum Gasteiger partial charge on any atom is -0.371 e. The molecule has 6 heteroatoms. The Morgan fingerprint density at radius 1 is 0.795 bits per heavy atom. The van der Waals surface area contributed by atoms with Gasteiger partial charge in [-0.3, -0.25) is 0 Å². The summed E-state index contributed by atoms with van der Waals surface area (Å²) in [5.41, 5.74) is 3.70. The van der Waals surface area contributed by atoms with Crippen LogP contribution < -0.4 is 14.7 Å². The standard InChI is InChI=1S/C33H42ClFN4/c34-30-21-28(7-6-27(30)23-36)39-19-14-33(24-39)12-17-38(18-13-33)32-9-8-29(22-31(32)35)37-15-10-26(11-16-37)20-25-4-2-1-3-5-25/h6-9,21-22,25-26H,1-5,10-20,24H2. The molecule has 3 aliphatic heterocycles. The lowest BCUT2D eigenvalue weighted by Crippen LogP contribution is -2.42. The van der Waals surface area contributed by atoms with Gasteiger partial charge in [-0.25, -0.2) is 4.39 Å². The first-order chi connectivity index (χ1) is 19.0. The Kier molecular flexibility index (Phi) is 7.94. The first-order valence-corrected chi connectivity index (χ1v) is 15.6. The van der Waals surface area contributed by atoms with Crippen molar-refractivity contribution in [3.63, 3.8) is 0 Å². The van der Waals surface area contributed by atoms with Crippen molar-refractivity contribution in [1.82, 2.24) is 0 Å². The molecule has 3 saturated heterocycles. The van der Waals surface area contributed by atoms with Gasteiger partial charge in [0.25, 0.3) is 0 Å². The highest BCUT2D eigenvalue weighted by atomic mass is 35.5. The van der Waals surface area contributed by atoms with Crippen molar-refractivity contribution in [2.24, 2.45) is 17.3 Å². The van der Waals surface area contributed by atoms with E-state index in [1.54, 1.807) is 6.07 Å². The van der Waals surface area contributed by atoms with Crippen LogP contribution in [0.5, 0.6) is 0 Å². The Morgan fingerprint density at radius 2 is 1.44 bits per heavy atom. The van der Waals surface area contributed by atoms with E-state index in [9.17, 15) is 5.26 Å². The summed E-state index contributed by atoms with van der Waals surface area (Å²) >= 11 is 6.30. The van der Waals surface area contributed by atoms with Crippen LogP contribution in [0.4, 0.5) is 21.5 Å². The SMILES string of the molecule is N#Cc1ccc(N2CCC3(CCN(c4ccc(N5CCC(CC6CCCCC6)CC5)cc4F)CC3)C2)cc1Cl. The van der Waals surface area contributed by atoms with E-state index >= 15 is 4.39 Å². The fourth-order valence-corrected chi connectivity index (χ4v) is 8.06. The molecule has 0 radical (unpaired) electrons. The van der Waals surface area contributed by atoms with Crippen LogP contribution in [0.25, 0.3) is 0 Å². The summed E-state index contributed by atoms with van der Waals surface area (Å²) in [4.78, 5) is 7.05. The van der Waals surface area contributed by atoms with Crippen molar-refractivity contribution in [3.8, 4) is 6.07 Å². The zero-order chi connectivity index (χ0) is 26.8. The van der Waals surface area contributed by atoms with Gasteiger partial charge in [0.15, 0.2) is 0 Å². The first kappa shape index (κ1) is 26.8. The van der Waals surface area contributed by atoms with Crippen molar-refractivity contribution in [1.29, 1.82) is 5.26 Å². The third-order valence-electron chi connectivity index (χ3n) is 10.3. The molecule has 0 bridgehead atoms. The zero-order valence-electron chi connectivity index (χ0n) is 23.2. The number of halogens is 2. The fraction of sp³-hybridized carbons (Fsp3) is 0.606. The molecule has 0 amide bonds. The van der Waals surface area contributed by atoms with Crippen molar-refractivity contribution in [2.45, 2.75) is 70.6 Å². The van der Waals surface area contributed by atoms with Gasteiger partial charge in [-0.15, -0.1) is 0 Å². The quantitative estimate of drug-likeness (QED) is 0.378. The lowest BCUT2D eigenvalue weighted by molar-refractivity contribution is 0.250. The van der Waals surface area contributed by atoms with Crippen molar-refractivity contribution in [3.05, 3.63) is 52.8 Å². The minimum absolute atomic E-state index is 0.0759. The molecule has 1 saturated carbocycles. The van der Waals surface area contributed by atoms with Crippen molar-refractivity contribution < 1.29 is 4.39 Å². The highest BCUT2D eigenvalue weighted by molar-refractivity contribution is 6.32. The Bertz CT molecular complexity index is 1190. The van der Waals surface area contributed by atoms with E-state index < -0.39 is 0 Å². The lowest BCUT2D eigenvalue weighted by Gasteiger charge is -2.41. The Hall–Kier alpha value is -2.45. The summed E-state index contributed by atoms with van der Waals surface area (Å²) in [6.45, 7) is 5.91. The van der Waals surface area contributed by atoms with Gasteiger partial charge in [0, 0.05) is 50.6 Å². The van der Waals surface area contributed by atoms with E-state index in [4.69, 9.17) is 11.6 Å². The number of nitrogens with zero attached hydrogens (tertiary/aromatic N) is 4. The second-order valence-electron chi connectivity index (χ2n) is 12.7. The monoisotopic (exact) mass is 548 g/mol. The third kappa shape index (κ3) is 5.87. The molecule has 3 heterocycles. The van der Waals surface area contributed by atoms with E-state index in [0.717, 1.165) is 87.4 Å². The Morgan fingerprint density at radius 3 is 2.10 bits per heavy atom. The van der Waals surface area contributed by atoms with Gasteiger partial charge in [0.2, 0.25) is 0 Å². The van der Waals surface area contributed by atoms with Crippen LogP contribution in [-0.4, -0.2) is 39.3 Å². The number of rotatable bonds is 5. The van der Waals surface area contributed by atoms with Gasteiger partial charge in [0.1, 0.15) is 11.9 Å². The molecule has 2 aromatic carbocycles. The zero-order valence-corrected chi connectivity index (χ0v) is 23.9. The van der Waals surface area contributed by atoms with Crippen LogP contribution in [0, 0.1) is 34.4 Å². The number of hydrogen-bond acceptors (Lipinski definition) is 4. The molecule has 0 aromatic heterocycles. The molecular formula is C33H42ClFN4. The van der Waals surface area contributed by atoms with Gasteiger partial charge in [0.05, 0.1) is 16.3 Å². The average Bonchev–Trinajstić information content (AvgIpc) is 3.38. The second-order valence-corrected chi connectivity index (χ2v) is 13.1. The maximum absolute atomic E-state index is 15.4. The third-order valence-corrected chi connectivity index (χ3v) is 10.7. The molecule has 6 rings (SSSR count). The second kappa shape index (κ2) is 11.6. The summed E-state index contributed by atoms with van der Waals surface area (Å²) in [5.74, 6) is 1.74. The first-order valence-electron chi connectivity index (χ1n) is 15.3. The summed E-state index contributed by atoms with van der Waals surface area (Å²) in [6, 6.07) is 13.8. The van der Waals surface area contributed by atoms with E-state index in [1.165, 1.54) is 51.4 Å². The van der Waals surface area contributed by atoms with Gasteiger partial charge in [-0.1, -0.05) is 43.7 Å². The maximum atomic E-state index is 15.4. The van der Waals surface area contributed by atoms with E-state index in [-0.39, 0.29) is 11.2 Å². The summed E-state index contributed by atoms with van der Waals surface area (Å²) < 4.78 is 15.4. The normalized spacial score (nSPS) is 22.4. The van der Waals surface area contributed by atoms with Crippen LogP contribution in [0.3, 0.4) is 0 Å². The predicted octanol–water partition coefficient (Wildman–Crippen LogP) is 8.03. The van der Waals surface area contributed by atoms with Crippen LogP contribution >= 0.6 is 11.6 Å². The number of nitriles is 1. The molecular weight excluding hydrogens is 507 g/mol. The van der Waals surface area contributed by atoms with Crippen LogP contribution in [0.2, 0.25) is 5.02 Å². The smallest absolute Gasteiger partial charge is 0.148 e. The topological polar surface area (TPSA) is 33.5 Å². The largest absolute Gasteiger partial charge is 0.371 e. The average molecular weight is 549 g/mol. The van der Waals surface area contributed by atoms with Crippen LogP contribution in [-0.2, 0) is 0 Å².